The van der Waals surface area contributed by atoms with Crippen LogP contribution in [0.4, 0.5) is 0 Å². The van der Waals surface area contributed by atoms with E-state index < -0.39 is 0 Å². The van der Waals surface area contributed by atoms with Gasteiger partial charge in [0.25, 0.3) is 0 Å². The van der Waals surface area contributed by atoms with Crippen molar-refractivity contribution in [3.63, 3.8) is 0 Å². The highest BCUT2D eigenvalue weighted by Crippen LogP contribution is 2.14. The predicted octanol–water partition coefficient (Wildman–Crippen LogP) is 6.95. The minimum Gasteiger partial charge on any atom is -0.0925 e. The maximum absolute atomic E-state index is 3.75. The van der Waals surface area contributed by atoms with Crippen LogP contribution in [0.5, 0.6) is 0 Å². The molecule has 19 heavy (non-hydrogen) atoms. The molecule has 0 aromatic heterocycles. The first-order valence-electron chi connectivity index (χ1n) is 7.46. The van der Waals surface area contributed by atoms with Crippen molar-refractivity contribution in [3.05, 3.63) is 36.5 Å². The summed E-state index contributed by atoms with van der Waals surface area (Å²) in [6, 6.07) is 0. The molecule has 0 rings (SSSR count). The first-order valence-corrected chi connectivity index (χ1v) is 9.50. The van der Waals surface area contributed by atoms with Crippen LogP contribution >= 0.6 is 31.9 Å². The molecule has 2 heteroatoms. The van der Waals surface area contributed by atoms with E-state index in [1.54, 1.807) is 0 Å². The van der Waals surface area contributed by atoms with Crippen molar-refractivity contribution >= 4 is 31.9 Å². The highest BCUT2D eigenvalue weighted by molar-refractivity contribution is 9.09. The number of hydrogen-bond donors (Lipinski definition) is 0. The molecule has 0 aliphatic heterocycles. The summed E-state index contributed by atoms with van der Waals surface area (Å²) in [5, 5.41) is 1.06. The van der Waals surface area contributed by atoms with Crippen LogP contribution < -0.4 is 0 Å². The van der Waals surface area contributed by atoms with Crippen LogP contribution in [0.2, 0.25) is 0 Å². The molecular formula is C17H28Br2. The Bertz CT molecular complexity index is 254. The molecule has 0 fully saturated rings. The highest BCUT2D eigenvalue weighted by Gasteiger charge is 1.98. The van der Waals surface area contributed by atoms with Crippen LogP contribution in [0.15, 0.2) is 36.5 Å². The maximum Gasteiger partial charge on any atom is 0.0183 e. The van der Waals surface area contributed by atoms with Gasteiger partial charge in [0, 0.05) is 10.2 Å². The summed E-state index contributed by atoms with van der Waals surface area (Å²) in [4.78, 5) is 0.624. The summed E-state index contributed by atoms with van der Waals surface area (Å²) in [5.74, 6) is 0. The molecule has 110 valence electrons. The summed E-state index contributed by atoms with van der Waals surface area (Å²) >= 11 is 7.16. The van der Waals surface area contributed by atoms with E-state index in [1.807, 2.05) is 0 Å². The van der Waals surface area contributed by atoms with Gasteiger partial charge in [-0.2, -0.15) is 0 Å². The molecule has 0 bridgehead atoms. The maximum atomic E-state index is 3.75. The summed E-state index contributed by atoms with van der Waals surface area (Å²) in [6.07, 6.45) is 23.3. The standard InChI is InChI=1S/C17H28Br2/c1-2-3-4-8-11-14-17(19)15-12-9-6-5-7-10-13-16-18/h6-11,17H,2-5,12-16H2,1H3/b9-6?,10-7?,11-8-. The molecular weight excluding hydrogens is 364 g/mol. The topological polar surface area (TPSA) is 0 Å². The van der Waals surface area contributed by atoms with Crippen molar-refractivity contribution in [2.45, 2.75) is 63.1 Å². The molecule has 0 saturated heterocycles. The van der Waals surface area contributed by atoms with E-state index in [9.17, 15) is 0 Å². The van der Waals surface area contributed by atoms with Gasteiger partial charge in [-0.05, 0) is 38.5 Å². The molecule has 0 aromatic rings. The molecule has 1 atom stereocenters. The minimum absolute atomic E-state index is 0.624. The zero-order valence-electron chi connectivity index (χ0n) is 12.2. The molecule has 0 aromatic carbocycles. The van der Waals surface area contributed by atoms with E-state index in [2.05, 4.69) is 75.2 Å². The van der Waals surface area contributed by atoms with Crippen LogP contribution in [0, 0.1) is 0 Å². The number of unbranched alkanes of at least 4 members (excludes halogenated alkanes) is 2. The third kappa shape index (κ3) is 16.1. The second-order valence-corrected chi connectivity index (χ2v) is 6.77. The summed E-state index contributed by atoms with van der Waals surface area (Å²) in [7, 11) is 0. The Balaban J connectivity index is 3.44. The van der Waals surface area contributed by atoms with Gasteiger partial charge in [0.2, 0.25) is 0 Å². The Morgan fingerprint density at radius 2 is 1.58 bits per heavy atom. The summed E-state index contributed by atoms with van der Waals surface area (Å²) < 4.78 is 0. The van der Waals surface area contributed by atoms with Crippen molar-refractivity contribution in [2.24, 2.45) is 0 Å². The van der Waals surface area contributed by atoms with Gasteiger partial charge >= 0.3 is 0 Å². The van der Waals surface area contributed by atoms with Crippen molar-refractivity contribution in [1.82, 2.24) is 0 Å². The quantitative estimate of drug-likeness (QED) is 0.191. The predicted molar refractivity (Wildman–Crippen MR) is 96.5 cm³/mol. The third-order valence-electron chi connectivity index (χ3n) is 2.81. The molecule has 0 saturated carbocycles. The Labute approximate surface area is 136 Å². The first kappa shape index (κ1) is 19.2. The van der Waals surface area contributed by atoms with Gasteiger partial charge < -0.3 is 0 Å². The number of alkyl halides is 2. The van der Waals surface area contributed by atoms with Gasteiger partial charge in [-0.15, -0.1) is 0 Å². The molecule has 0 spiro atoms. The zero-order chi connectivity index (χ0) is 14.2. The first-order chi connectivity index (χ1) is 9.31. The van der Waals surface area contributed by atoms with Gasteiger partial charge in [0.15, 0.2) is 0 Å². The SMILES string of the molecule is CCCC/C=C\CC(Br)CCC=CCC=CCCBr. The van der Waals surface area contributed by atoms with E-state index in [0.717, 1.165) is 24.6 Å². The van der Waals surface area contributed by atoms with Crippen LogP contribution in [-0.2, 0) is 0 Å². The smallest absolute Gasteiger partial charge is 0.0183 e. The van der Waals surface area contributed by atoms with Gasteiger partial charge in [-0.25, -0.2) is 0 Å². The van der Waals surface area contributed by atoms with Gasteiger partial charge in [-0.1, -0.05) is 88.1 Å². The zero-order valence-corrected chi connectivity index (χ0v) is 15.3. The van der Waals surface area contributed by atoms with Crippen molar-refractivity contribution in [1.29, 1.82) is 0 Å². The fourth-order valence-electron chi connectivity index (χ4n) is 1.65. The van der Waals surface area contributed by atoms with Crippen LogP contribution in [0.1, 0.15) is 58.3 Å². The van der Waals surface area contributed by atoms with E-state index >= 15 is 0 Å². The summed E-state index contributed by atoms with van der Waals surface area (Å²) in [6.45, 7) is 2.24. The van der Waals surface area contributed by atoms with Gasteiger partial charge in [0.05, 0.1) is 0 Å². The average molecular weight is 392 g/mol. The molecule has 0 aliphatic carbocycles. The molecule has 0 radical (unpaired) electrons. The molecule has 0 nitrogen and oxygen atoms in total. The molecule has 0 aliphatic rings. The lowest BCUT2D eigenvalue weighted by atomic mass is 10.1. The lowest BCUT2D eigenvalue weighted by Gasteiger charge is -2.03. The Morgan fingerprint density at radius 1 is 0.895 bits per heavy atom. The average Bonchev–Trinajstić information content (AvgIpc) is 2.41. The number of halogens is 2. The fraction of sp³-hybridized carbons (Fsp3) is 0.647. The third-order valence-corrected chi connectivity index (χ3v) is 4.10. The lowest BCUT2D eigenvalue weighted by Crippen LogP contribution is -1.94. The normalized spacial score (nSPS) is 14.1. The minimum atomic E-state index is 0.624. The molecule has 0 heterocycles. The highest BCUT2D eigenvalue weighted by atomic mass is 79.9. The molecule has 0 N–H and O–H groups in total. The van der Waals surface area contributed by atoms with Crippen LogP contribution in [0.3, 0.4) is 0 Å². The van der Waals surface area contributed by atoms with Gasteiger partial charge in [-0.3, -0.25) is 0 Å². The van der Waals surface area contributed by atoms with E-state index in [1.165, 1.54) is 32.1 Å². The Hall–Kier alpha value is 0.180. The number of rotatable bonds is 12. The Kier molecular flexibility index (Phi) is 16.4. The van der Waals surface area contributed by atoms with Crippen LogP contribution in [0.25, 0.3) is 0 Å². The van der Waals surface area contributed by atoms with Gasteiger partial charge in [0.1, 0.15) is 0 Å². The lowest BCUT2D eigenvalue weighted by molar-refractivity contribution is 0.781. The van der Waals surface area contributed by atoms with Crippen molar-refractivity contribution in [2.75, 3.05) is 5.33 Å². The molecule has 1 unspecified atom stereocenters. The number of hydrogen-bond acceptors (Lipinski definition) is 0. The second kappa shape index (κ2) is 16.2. The van der Waals surface area contributed by atoms with E-state index in [0.29, 0.717) is 4.83 Å². The van der Waals surface area contributed by atoms with E-state index in [-0.39, 0.29) is 0 Å². The summed E-state index contributed by atoms with van der Waals surface area (Å²) in [5.41, 5.74) is 0. The van der Waals surface area contributed by atoms with Crippen LogP contribution in [-0.4, -0.2) is 10.2 Å². The Morgan fingerprint density at radius 3 is 2.26 bits per heavy atom. The largest absolute Gasteiger partial charge is 0.0925 e. The molecule has 0 amide bonds. The monoisotopic (exact) mass is 390 g/mol. The number of allylic oxidation sites excluding steroid dienone is 6. The van der Waals surface area contributed by atoms with E-state index in [4.69, 9.17) is 0 Å². The van der Waals surface area contributed by atoms with Crippen molar-refractivity contribution in [3.8, 4) is 0 Å². The second-order valence-electron chi connectivity index (χ2n) is 4.68. The fourth-order valence-corrected chi connectivity index (χ4v) is 2.39. The van der Waals surface area contributed by atoms with Crippen molar-refractivity contribution < 1.29 is 0 Å².